The molecule has 0 aliphatic rings. The van der Waals surface area contributed by atoms with Crippen molar-refractivity contribution in [2.45, 2.75) is 34.6 Å². The van der Waals surface area contributed by atoms with Crippen molar-refractivity contribution in [2.24, 2.45) is 0 Å². The van der Waals surface area contributed by atoms with Gasteiger partial charge in [-0.25, -0.2) is 9.97 Å². The average molecular weight is 256 g/mol. The van der Waals surface area contributed by atoms with E-state index < -0.39 is 0 Å². The summed E-state index contributed by atoms with van der Waals surface area (Å²) in [7, 11) is 0. The number of hydrogen-bond acceptors (Lipinski definition) is 4. The van der Waals surface area contributed by atoms with Gasteiger partial charge in [0.15, 0.2) is 5.82 Å². The Kier molecular flexibility index (Phi) is 3.79. The Morgan fingerprint density at radius 2 is 1.84 bits per heavy atom. The average Bonchev–Trinajstić information content (AvgIpc) is 2.35. The first kappa shape index (κ1) is 13.5. The molecular formula is C15H20N4. The number of nitrogens with one attached hydrogen (secondary N) is 1. The third-order valence-corrected chi connectivity index (χ3v) is 3.16. The van der Waals surface area contributed by atoms with Gasteiger partial charge in [0.25, 0.3) is 0 Å². The summed E-state index contributed by atoms with van der Waals surface area (Å²) in [5.74, 6) is 1.59. The molecule has 0 aliphatic heterocycles. The normalized spacial score (nSPS) is 10.6. The van der Waals surface area contributed by atoms with E-state index in [2.05, 4.69) is 33.3 Å². The highest BCUT2D eigenvalue weighted by Crippen LogP contribution is 2.22. The fourth-order valence-corrected chi connectivity index (χ4v) is 2.02. The standard InChI is InChI=1S/C15H20N4/c1-6-16-14-11(4)12(5)18-15(19-14)13-10(3)7-9(2)8-17-13/h7-8H,6H2,1-5H3,(H,16,18,19). The fourth-order valence-electron chi connectivity index (χ4n) is 2.02. The molecule has 4 heteroatoms. The Bertz CT molecular complexity index is 605. The van der Waals surface area contributed by atoms with Crippen molar-refractivity contribution in [2.75, 3.05) is 11.9 Å². The molecule has 0 aromatic carbocycles. The predicted octanol–water partition coefficient (Wildman–Crippen LogP) is 3.20. The van der Waals surface area contributed by atoms with E-state index in [-0.39, 0.29) is 0 Å². The number of hydrogen-bond donors (Lipinski definition) is 1. The van der Waals surface area contributed by atoms with Gasteiger partial charge in [0.1, 0.15) is 11.5 Å². The molecule has 0 atom stereocenters. The van der Waals surface area contributed by atoms with Gasteiger partial charge in [-0.3, -0.25) is 4.98 Å². The number of pyridine rings is 1. The molecule has 2 heterocycles. The van der Waals surface area contributed by atoms with E-state index >= 15 is 0 Å². The first-order chi connectivity index (χ1) is 9.02. The van der Waals surface area contributed by atoms with Gasteiger partial charge in [0, 0.05) is 24.0 Å². The third-order valence-electron chi connectivity index (χ3n) is 3.16. The van der Waals surface area contributed by atoms with Crippen LogP contribution in [0.15, 0.2) is 12.3 Å². The highest BCUT2D eigenvalue weighted by atomic mass is 15.0. The van der Waals surface area contributed by atoms with Crippen LogP contribution in [0.3, 0.4) is 0 Å². The van der Waals surface area contributed by atoms with Crippen molar-refractivity contribution in [3.05, 3.63) is 34.6 Å². The first-order valence-electron chi connectivity index (χ1n) is 6.55. The maximum absolute atomic E-state index is 4.60. The van der Waals surface area contributed by atoms with Gasteiger partial charge in [0.05, 0.1) is 0 Å². The molecule has 0 radical (unpaired) electrons. The first-order valence-corrected chi connectivity index (χ1v) is 6.55. The van der Waals surface area contributed by atoms with Gasteiger partial charge in [-0.1, -0.05) is 6.07 Å². The molecule has 0 spiro atoms. The number of aryl methyl sites for hydroxylation is 3. The van der Waals surface area contributed by atoms with E-state index in [1.807, 2.05) is 33.9 Å². The van der Waals surface area contributed by atoms with E-state index in [0.717, 1.165) is 40.4 Å². The SMILES string of the molecule is CCNc1nc(-c2ncc(C)cc2C)nc(C)c1C. The monoisotopic (exact) mass is 256 g/mol. The van der Waals surface area contributed by atoms with E-state index in [9.17, 15) is 0 Å². The fraction of sp³-hybridized carbons (Fsp3) is 0.400. The molecular weight excluding hydrogens is 236 g/mol. The molecule has 0 aliphatic carbocycles. The lowest BCUT2D eigenvalue weighted by molar-refractivity contribution is 1.03. The zero-order chi connectivity index (χ0) is 14.0. The Balaban J connectivity index is 2.56. The maximum atomic E-state index is 4.60. The summed E-state index contributed by atoms with van der Waals surface area (Å²) < 4.78 is 0. The quantitative estimate of drug-likeness (QED) is 0.916. The number of anilines is 1. The molecule has 0 unspecified atom stereocenters. The van der Waals surface area contributed by atoms with Crippen LogP contribution in [-0.2, 0) is 0 Å². The summed E-state index contributed by atoms with van der Waals surface area (Å²) >= 11 is 0. The Hall–Kier alpha value is -1.97. The van der Waals surface area contributed by atoms with Gasteiger partial charge in [0.2, 0.25) is 0 Å². The highest BCUT2D eigenvalue weighted by molar-refractivity contribution is 5.59. The smallest absolute Gasteiger partial charge is 0.180 e. The molecule has 2 rings (SSSR count). The second-order valence-electron chi connectivity index (χ2n) is 4.81. The van der Waals surface area contributed by atoms with E-state index in [4.69, 9.17) is 0 Å². The molecule has 2 aromatic heterocycles. The zero-order valence-electron chi connectivity index (χ0n) is 12.2. The topological polar surface area (TPSA) is 50.7 Å². The van der Waals surface area contributed by atoms with Crippen LogP contribution in [0, 0.1) is 27.7 Å². The van der Waals surface area contributed by atoms with Crippen LogP contribution in [0.5, 0.6) is 0 Å². The Morgan fingerprint density at radius 1 is 1.11 bits per heavy atom. The minimum Gasteiger partial charge on any atom is -0.370 e. The van der Waals surface area contributed by atoms with Crippen LogP contribution in [-0.4, -0.2) is 21.5 Å². The molecule has 0 saturated carbocycles. The van der Waals surface area contributed by atoms with Gasteiger partial charge in [-0.2, -0.15) is 0 Å². The molecule has 19 heavy (non-hydrogen) atoms. The minimum absolute atomic E-state index is 0.691. The van der Waals surface area contributed by atoms with Crippen molar-refractivity contribution < 1.29 is 0 Å². The lowest BCUT2D eigenvalue weighted by Gasteiger charge is -2.12. The molecule has 100 valence electrons. The summed E-state index contributed by atoms with van der Waals surface area (Å²) in [4.78, 5) is 13.6. The third kappa shape index (κ3) is 2.72. The van der Waals surface area contributed by atoms with Crippen molar-refractivity contribution in [3.63, 3.8) is 0 Å². The predicted molar refractivity (Wildman–Crippen MR) is 78.4 cm³/mol. The van der Waals surface area contributed by atoms with Crippen LogP contribution in [0.2, 0.25) is 0 Å². The Morgan fingerprint density at radius 3 is 2.47 bits per heavy atom. The molecule has 0 bridgehead atoms. The second-order valence-corrected chi connectivity index (χ2v) is 4.81. The summed E-state index contributed by atoms with van der Waals surface area (Å²) in [5.41, 5.74) is 5.19. The maximum Gasteiger partial charge on any atom is 0.180 e. The van der Waals surface area contributed by atoms with Crippen molar-refractivity contribution in [3.8, 4) is 11.5 Å². The largest absolute Gasteiger partial charge is 0.370 e. The van der Waals surface area contributed by atoms with E-state index in [0.29, 0.717) is 5.82 Å². The van der Waals surface area contributed by atoms with Gasteiger partial charge in [-0.15, -0.1) is 0 Å². The van der Waals surface area contributed by atoms with Gasteiger partial charge in [-0.05, 0) is 45.7 Å². The molecule has 0 fully saturated rings. The minimum atomic E-state index is 0.691. The van der Waals surface area contributed by atoms with Gasteiger partial charge >= 0.3 is 0 Å². The van der Waals surface area contributed by atoms with Crippen LogP contribution in [0.25, 0.3) is 11.5 Å². The number of aromatic nitrogens is 3. The van der Waals surface area contributed by atoms with E-state index in [1.54, 1.807) is 0 Å². The summed E-state index contributed by atoms with van der Waals surface area (Å²) in [6, 6.07) is 2.10. The van der Waals surface area contributed by atoms with E-state index in [1.165, 1.54) is 0 Å². The van der Waals surface area contributed by atoms with Crippen molar-refractivity contribution in [1.29, 1.82) is 0 Å². The lowest BCUT2D eigenvalue weighted by atomic mass is 10.1. The summed E-state index contributed by atoms with van der Waals surface area (Å²) in [6.07, 6.45) is 1.85. The molecule has 1 N–H and O–H groups in total. The highest BCUT2D eigenvalue weighted by Gasteiger charge is 2.12. The van der Waals surface area contributed by atoms with Crippen LogP contribution < -0.4 is 5.32 Å². The van der Waals surface area contributed by atoms with Crippen molar-refractivity contribution >= 4 is 5.82 Å². The molecule has 2 aromatic rings. The van der Waals surface area contributed by atoms with Crippen LogP contribution in [0.1, 0.15) is 29.3 Å². The lowest BCUT2D eigenvalue weighted by Crippen LogP contribution is -2.07. The van der Waals surface area contributed by atoms with Crippen molar-refractivity contribution in [1.82, 2.24) is 15.0 Å². The molecule has 4 nitrogen and oxygen atoms in total. The number of nitrogens with zero attached hydrogens (tertiary/aromatic N) is 3. The van der Waals surface area contributed by atoms with Crippen LogP contribution >= 0.6 is 0 Å². The van der Waals surface area contributed by atoms with Gasteiger partial charge < -0.3 is 5.32 Å². The molecule has 0 saturated heterocycles. The summed E-state index contributed by atoms with van der Waals surface area (Å²) in [5, 5.41) is 3.28. The second kappa shape index (κ2) is 5.34. The summed E-state index contributed by atoms with van der Waals surface area (Å²) in [6.45, 7) is 11.0. The van der Waals surface area contributed by atoms with Crippen LogP contribution in [0.4, 0.5) is 5.82 Å². The molecule has 0 amide bonds. The number of rotatable bonds is 3. The Labute approximate surface area is 114 Å². The zero-order valence-corrected chi connectivity index (χ0v) is 12.2.